The van der Waals surface area contributed by atoms with E-state index in [-0.39, 0.29) is 5.91 Å². The van der Waals surface area contributed by atoms with Crippen molar-refractivity contribution in [3.05, 3.63) is 47.7 Å². The molecule has 0 saturated carbocycles. The van der Waals surface area contributed by atoms with Gasteiger partial charge in [0.1, 0.15) is 6.26 Å². The van der Waals surface area contributed by atoms with Crippen LogP contribution < -0.4 is 5.32 Å². The summed E-state index contributed by atoms with van der Waals surface area (Å²) in [5.74, 6) is 1.11. The van der Waals surface area contributed by atoms with Crippen LogP contribution in [0.2, 0.25) is 0 Å². The van der Waals surface area contributed by atoms with E-state index in [9.17, 15) is 4.79 Å². The minimum absolute atomic E-state index is 0.0112. The van der Waals surface area contributed by atoms with E-state index in [1.165, 1.54) is 5.56 Å². The number of nitrogens with zero attached hydrogens (tertiary/aromatic N) is 1. The standard InChI is InChI=1S/C16H20N2O2/c1-11(2)13-4-6-14(7-5-13)18-16(19)9-8-15-10-20-12(3)17-15/h4-7,10-11H,8-9H2,1-3H3,(H,18,19). The largest absolute Gasteiger partial charge is 0.449 e. The first kappa shape index (κ1) is 14.3. The number of hydrogen-bond donors (Lipinski definition) is 1. The lowest BCUT2D eigenvalue weighted by Crippen LogP contribution is -2.12. The average Bonchev–Trinajstić information content (AvgIpc) is 2.83. The minimum Gasteiger partial charge on any atom is -0.449 e. The summed E-state index contributed by atoms with van der Waals surface area (Å²) in [6, 6.07) is 7.96. The third-order valence-electron chi connectivity index (χ3n) is 3.14. The number of benzene rings is 1. The molecule has 0 radical (unpaired) electrons. The Bertz CT molecular complexity index is 570. The maximum absolute atomic E-state index is 11.8. The molecule has 4 nitrogen and oxygen atoms in total. The second kappa shape index (κ2) is 6.37. The fourth-order valence-electron chi connectivity index (χ4n) is 1.94. The molecule has 1 N–H and O–H groups in total. The average molecular weight is 272 g/mol. The first-order chi connectivity index (χ1) is 9.54. The molecule has 106 valence electrons. The first-order valence-electron chi connectivity index (χ1n) is 6.85. The third kappa shape index (κ3) is 3.95. The Morgan fingerprint density at radius 3 is 2.55 bits per heavy atom. The SMILES string of the molecule is Cc1nc(CCC(=O)Nc2ccc(C(C)C)cc2)co1. The highest BCUT2D eigenvalue weighted by molar-refractivity contribution is 5.90. The number of amides is 1. The van der Waals surface area contributed by atoms with Crippen molar-refractivity contribution >= 4 is 11.6 Å². The summed E-state index contributed by atoms with van der Waals surface area (Å²) in [6.45, 7) is 6.08. The molecule has 0 spiro atoms. The number of rotatable bonds is 5. The lowest BCUT2D eigenvalue weighted by atomic mass is 10.0. The van der Waals surface area contributed by atoms with Gasteiger partial charge in [0, 0.05) is 25.5 Å². The lowest BCUT2D eigenvalue weighted by molar-refractivity contribution is -0.116. The molecule has 1 amide bonds. The van der Waals surface area contributed by atoms with Gasteiger partial charge in [-0.2, -0.15) is 0 Å². The van der Waals surface area contributed by atoms with Crippen molar-refractivity contribution in [1.82, 2.24) is 4.98 Å². The first-order valence-corrected chi connectivity index (χ1v) is 6.85. The van der Waals surface area contributed by atoms with Gasteiger partial charge in [0.2, 0.25) is 5.91 Å². The summed E-state index contributed by atoms with van der Waals surface area (Å²) in [4.78, 5) is 16.0. The summed E-state index contributed by atoms with van der Waals surface area (Å²) >= 11 is 0. The molecule has 2 aromatic rings. The minimum atomic E-state index is -0.0112. The number of carbonyl (C=O) groups excluding carboxylic acids is 1. The van der Waals surface area contributed by atoms with E-state index in [4.69, 9.17) is 4.42 Å². The lowest BCUT2D eigenvalue weighted by Gasteiger charge is -2.08. The van der Waals surface area contributed by atoms with Gasteiger partial charge in [-0.15, -0.1) is 0 Å². The van der Waals surface area contributed by atoms with Crippen molar-refractivity contribution in [3.63, 3.8) is 0 Å². The molecule has 0 aliphatic carbocycles. The van der Waals surface area contributed by atoms with Crippen LogP contribution in [-0.2, 0) is 11.2 Å². The quantitative estimate of drug-likeness (QED) is 0.903. The fourth-order valence-corrected chi connectivity index (χ4v) is 1.94. The highest BCUT2D eigenvalue weighted by Crippen LogP contribution is 2.17. The second-order valence-electron chi connectivity index (χ2n) is 5.18. The maximum atomic E-state index is 11.8. The van der Waals surface area contributed by atoms with Crippen molar-refractivity contribution in [2.45, 2.75) is 39.5 Å². The van der Waals surface area contributed by atoms with Crippen LogP contribution in [0.1, 0.15) is 43.3 Å². The van der Waals surface area contributed by atoms with E-state index in [1.807, 2.05) is 24.3 Å². The summed E-state index contributed by atoms with van der Waals surface area (Å²) in [5, 5.41) is 2.89. The Balaban J connectivity index is 1.84. The van der Waals surface area contributed by atoms with Gasteiger partial charge in [0.15, 0.2) is 5.89 Å². The Kier molecular flexibility index (Phi) is 4.56. The van der Waals surface area contributed by atoms with Gasteiger partial charge in [-0.25, -0.2) is 4.98 Å². The molecule has 1 aromatic carbocycles. The molecule has 0 aliphatic rings. The van der Waals surface area contributed by atoms with Crippen LogP contribution in [0.5, 0.6) is 0 Å². The number of carbonyl (C=O) groups is 1. The van der Waals surface area contributed by atoms with E-state index in [1.54, 1.807) is 13.2 Å². The zero-order valence-corrected chi connectivity index (χ0v) is 12.1. The molecule has 0 atom stereocenters. The van der Waals surface area contributed by atoms with Gasteiger partial charge in [-0.1, -0.05) is 26.0 Å². The molecule has 0 bridgehead atoms. The summed E-state index contributed by atoms with van der Waals surface area (Å²) in [6.07, 6.45) is 2.59. The topological polar surface area (TPSA) is 55.1 Å². The summed E-state index contributed by atoms with van der Waals surface area (Å²) in [7, 11) is 0. The van der Waals surface area contributed by atoms with Crippen LogP contribution in [0.15, 0.2) is 34.9 Å². The van der Waals surface area contributed by atoms with Crippen molar-refractivity contribution in [2.24, 2.45) is 0 Å². The Morgan fingerprint density at radius 1 is 1.30 bits per heavy atom. The van der Waals surface area contributed by atoms with Crippen LogP contribution in [0.3, 0.4) is 0 Å². The van der Waals surface area contributed by atoms with E-state index in [0.29, 0.717) is 24.7 Å². The van der Waals surface area contributed by atoms with E-state index in [0.717, 1.165) is 11.4 Å². The van der Waals surface area contributed by atoms with Crippen LogP contribution in [0.4, 0.5) is 5.69 Å². The molecule has 0 unspecified atom stereocenters. The number of oxazole rings is 1. The molecule has 0 fully saturated rings. The molecular formula is C16H20N2O2. The third-order valence-corrected chi connectivity index (χ3v) is 3.14. The fraction of sp³-hybridized carbons (Fsp3) is 0.375. The van der Waals surface area contributed by atoms with Crippen LogP contribution >= 0.6 is 0 Å². The van der Waals surface area contributed by atoms with E-state index >= 15 is 0 Å². The number of anilines is 1. The van der Waals surface area contributed by atoms with Crippen molar-refractivity contribution in [2.75, 3.05) is 5.32 Å². The number of hydrogen-bond acceptors (Lipinski definition) is 3. The van der Waals surface area contributed by atoms with Crippen molar-refractivity contribution < 1.29 is 9.21 Å². The Labute approximate surface area is 119 Å². The van der Waals surface area contributed by atoms with Crippen LogP contribution in [0.25, 0.3) is 0 Å². The molecule has 1 aromatic heterocycles. The normalized spacial score (nSPS) is 10.8. The van der Waals surface area contributed by atoms with Crippen molar-refractivity contribution in [3.8, 4) is 0 Å². The molecule has 20 heavy (non-hydrogen) atoms. The van der Waals surface area contributed by atoms with Crippen LogP contribution in [-0.4, -0.2) is 10.9 Å². The Hall–Kier alpha value is -2.10. The van der Waals surface area contributed by atoms with E-state index < -0.39 is 0 Å². The summed E-state index contributed by atoms with van der Waals surface area (Å²) < 4.78 is 5.11. The van der Waals surface area contributed by atoms with Gasteiger partial charge in [0.25, 0.3) is 0 Å². The van der Waals surface area contributed by atoms with Gasteiger partial charge < -0.3 is 9.73 Å². The van der Waals surface area contributed by atoms with Crippen molar-refractivity contribution in [1.29, 1.82) is 0 Å². The molecule has 0 saturated heterocycles. The van der Waals surface area contributed by atoms with Gasteiger partial charge in [0.05, 0.1) is 5.69 Å². The Morgan fingerprint density at radius 2 is 2.00 bits per heavy atom. The van der Waals surface area contributed by atoms with Gasteiger partial charge >= 0.3 is 0 Å². The van der Waals surface area contributed by atoms with Gasteiger partial charge in [-0.3, -0.25) is 4.79 Å². The molecule has 1 heterocycles. The number of aromatic nitrogens is 1. The van der Waals surface area contributed by atoms with Gasteiger partial charge in [-0.05, 0) is 23.6 Å². The smallest absolute Gasteiger partial charge is 0.224 e. The molecule has 2 rings (SSSR count). The van der Waals surface area contributed by atoms with Crippen LogP contribution in [0, 0.1) is 6.92 Å². The molecular weight excluding hydrogens is 252 g/mol. The maximum Gasteiger partial charge on any atom is 0.224 e. The predicted octanol–water partition coefficient (Wildman–Crippen LogP) is 3.68. The van der Waals surface area contributed by atoms with E-state index in [2.05, 4.69) is 24.1 Å². The molecule has 0 aliphatic heterocycles. The zero-order chi connectivity index (χ0) is 14.5. The molecule has 4 heteroatoms. The highest BCUT2D eigenvalue weighted by atomic mass is 16.3. The predicted molar refractivity (Wildman–Crippen MR) is 78.7 cm³/mol. The zero-order valence-electron chi connectivity index (χ0n) is 12.1. The number of nitrogens with one attached hydrogen (secondary N) is 1. The highest BCUT2D eigenvalue weighted by Gasteiger charge is 2.06. The summed E-state index contributed by atoms with van der Waals surface area (Å²) in [5.41, 5.74) is 2.91. The second-order valence-corrected chi connectivity index (χ2v) is 5.18. The monoisotopic (exact) mass is 272 g/mol. The number of aryl methyl sites for hydroxylation is 2.